The van der Waals surface area contributed by atoms with Gasteiger partial charge in [-0.15, -0.1) is 11.3 Å². The van der Waals surface area contributed by atoms with Gasteiger partial charge in [-0.3, -0.25) is 4.98 Å². The lowest BCUT2D eigenvalue weighted by molar-refractivity contribution is 0.624. The lowest BCUT2D eigenvalue weighted by Crippen LogP contribution is -2.12. The Balaban J connectivity index is 2.08. The summed E-state index contributed by atoms with van der Waals surface area (Å²) in [5, 5.41) is 0. The van der Waals surface area contributed by atoms with E-state index >= 15 is 0 Å². The number of thiazole rings is 1. The summed E-state index contributed by atoms with van der Waals surface area (Å²) in [5.74, 6) is -0.233. The second-order valence-electron chi connectivity index (χ2n) is 3.33. The smallest absolute Gasteiger partial charge is 0.123 e. The summed E-state index contributed by atoms with van der Waals surface area (Å²) in [4.78, 5) is 5.13. The number of halogens is 1. The van der Waals surface area contributed by atoms with E-state index < -0.39 is 0 Å². The number of rotatable bonds is 3. The van der Waals surface area contributed by atoms with E-state index in [-0.39, 0.29) is 11.9 Å². The Kier molecular flexibility index (Phi) is 3.08. The highest BCUT2D eigenvalue weighted by atomic mass is 32.1. The summed E-state index contributed by atoms with van der Waals surface area (Å²) in [6, 6.07) is 6.22. The van der Waals surface area contributed by atoms with Gasteiger partial charge in [-0.1, -0.05) is 12.1 Å². The minimum Gasteiger partial charge on any atom is -0.324 e. The minimum atomic E-state index is -0.233. The van der Waals surface area contributed by atoms with E-state index in [0.717, 1.165) is 16.9 Å². The van der Waals surface area contributed by atoms with E-state index in [9.17, 15) is 4.39 Å². The van der Waals surface area contributed by atoms with Crippen LogP contribution in [-0.4, -0.2) is 4.98 Å². The first kappa shape index (κ1) is 10.3. The van der Waals surface area contributed by atoms with Gasteiger partial charge < -0.3 is 5.73 Å². The first-order valence-corrected chi connectivity index (χ1v) is 5.52. The number of hydrogen-bond donors (Lipinski definition) is 1. The Bertz CT molecular complexity index is 411. The molecule has 0 aliphatic carbocycles. The molecule has 0 aliphatic rings. The molecule has 0 aliphatic heterocycles. The minimum absolute atomic E-state index is 0.0916. The molecule has 4 heteroatoms. The Hall–Kier alpha value is -1.26. The molecule has 1 aromatic carbocycles. The van der Waals surface area contributed by atoms with Gasteiger partial charge in [0.1, 0.15) is 5.82 Å². The van der Waals surface area contributed by atoms with Gasteiger partial charge in [0, 0.05) is 23.5 Å². The molecule has 1 atom stereocenters. The zero-order valence-electron chi connectivity index (χ0n) is 8.06. The third kappa shape index (κ3) is 2.61. The molecule has 78 valence electrons. The van der Waals surface area contributed by atoms with Crippen molar-refractivity contribution in [2.24, 2.45) is 5.73 Å². The molecule has 0 saturated carbocycles. The SMILES string of the molecule is NC(Cc1cncs1)c1ccc(F)cc1. The summed E-state index contributed by atoms with van der Waals surface area (Å²) in [5.41, 5.74) is 8.73. The Morgan fingerprint density at radius 1 is 1.33 bits per heavy atom. The van der Waals surface area contributed by atoms with E-state index in [4.69, 9.17) is 5.73 Å². The monoisotopic (exact) mass is 222 g/mol. The fourth-order valence-electron chi connectivity index (χ4n) is 1.39. The molecule has 1 aromatic heterocycles. The zero-order valence-corrected chi connectivity index (χ0v) is 8.88. The van der Waals surface area contributed by atoms with Crippen molar-refractivity contribution in [3.63, 3.8) is 0 Å². The Morgan fingerprint density at radius 2 is 2.07 bits per heavy atom. The molecular formula is C11H11FN2S. The molecule has 2 N–H and O–H groups in total. The highest BCUT2D eigenvalue weighted by molar-refractivity contribution is 7.09. The summed E-state index contributed by atoms with van der Waals surface area (Å²) >= 11 is 1.58. The molecule has 1 heterocycles. The highest BCUT2D eigenvalue weighted by Crippen LogP contribution is 2.18. The van der Waals surface area contributed by atoms with Gasteiger partial charge in [0.15, 0.2) is 0 Å². The summed E-state index contributed by atoms with van der Waals surface area (Å²) in [7, 11) is 0. The topological polar surface area (TPSA) is 38.9 Å². The van der Waals surface area contributed by atoms with Gasteiger partial charge in [0.2, 0.25) is 0 Å². The van der Waals surface area contributed by atoms with Crippen LogP contribution < -0.4 is 5.73 Å². The number of benzene rings is 1. The zero-order chi connectivity index (χ0) is 10.7. The number of aromatic nitrogens is 1. The standard InChI is InChI=1S/C11H11FN2S/c12-9-3-1-8(2-4-9)11(13)5-10-6-14-7-15-10/h1-4,6-7,11H,5,13H2. The predicted molar refractivity (Wildman–Crippen MR) is 59.1 cm³/mol. The van der Waals surface area contributed by atoms with Gasteiger partial charge in [0.05, 0.1) is 5.51 Å². The van der Waals surface area contributed by atoms with Crippen LogP contribution in [0.1, 0.15) is 16.5 Å². The summed E-state index contributed by atoms with van der Waals surface area (Å²) in [6.45, 7) is 0. The molecule has 0 bridgehead atoms. The van der Waals surface area contributed by atoms with Crippen LogP contribution in [0.4, 0.5) is 4.39 Å². The van der Waals surface area contributed by atoms with Crippen LogP contribution in [-0.2, 0) is 6.42 Å². The molecular weight excluding hydrogens is 211 g/mol. The van der Waals surface area contributed by atoms with Crippen molar-refractivity contribution in [2.45, 2.75) is 12.5 Å². The maximum atomic E-state index is 12.7. The van der Waals surface area contributed by atoms with Gasteiger partial charge >= 0.3 is 0 Å². The van der Waals surface area contributed by atoms with Crippen molar-refractivity contribution in [3.8, 4) is 0 Å². The van der Waals surface area contributed by atoms with Crippen LogP contribution in [0.3, 0.4) is 0 Å². The molecule has 2 nitrogen and oxygen atoms in total. The maximum Gasteiger partial charge on any atom is 0.123 e. The normalized spacial score (nSPS) is 12.7. The van der Waals surface area contributed by atoms with Crippen molar-refractivity contribution >= 4 is 11.3 Å². The number of nitrogens with zero attached hydrogens (tertiary/aromatic N) is 1. The lowest BCUT2D eigenvalue weighted by Gasteiger charge is -2.09. The molecule has 0 radical (unpaired) electrons. The van der Waals surface area contributed by atoms with Crippen LogP contribution in [0, 0.1) is 5.82 Å². The Morgan fingerprint density at radius 3 is 2.67 bits per heavy atom. The van der Waals surface area contributed by atoms with Crippen molar-refractivity contribution < 1.29 is 4.39 Å². The molecule has 0 saturated heterocycles. The quantitative estimate of drug-likeness (QED) is 0.866. The van der Waals surface area contributed by atoms with Gasteiger partial charge in [-0.05, 0) is 17.7 Å². The van der Waals surface area contributed by atoms with E-state index in [1.807, 2.05) is 6.20 Å². The fourth-order valence-corrected chi connectivity index (χ4v) is 2.04. The van der Waals surface area contributed by atoms with Crippen LogP contribution in [0.15, 0.2) is 36.0 Å². The van der Waals surface area contributed by atoms with Gasteiger partial charge in [0.25, 0.3) is 0 Å². The molecule has 0 fully saturated rings. The second-order valence-corrected chi connectivity index (χ2v) is 4.30. The molecule has 2 rings (SSSR count). The van der Waals surface area contributed by atoms with Crippen LogP contribution >= 0.6 is 11.3 Å². The molecule has 0 spiro atoms. The predicted octanol–water partition coefficient (Wildman–Crippen LogP) is 2.52. The third-order valence-electron chi connectivity index (χ3n) is 2.20. The lowest BCUT2D eigenvalue weighted by atomic mass is 10.0. The first-order chi connectivity index (χ1) is 7.25. The van der Waals surface area contributed by atoms with E-state index in [1.54, 1.807) is 29.0 Å². The highest BCUT2D eigenvalue weighted by Gasteiger charge is 2.07. The maximum absolute atomic E-state index is 12.7. The second kappa shape index (κ2) is 4.51. The van der Waals surface area contributed by atoms with Gasteiger partial charge in [-0.25, -0.2) is 4.39 Å². The van der Waals surface area contributed by atoms with Crippen LogP contribution in [0.2, 0.25) is 0 Å². The number of hydrogen-bond acceptors (Lipinski definition) is 3. The molecule has 2 aromatic rings. The van der Waals surface area contributed by atoms with Crippen molar-refractivity contribution in [1.82, 2.24) is 4.98 Å². The molecule has 15 heavy (non-hydrogen) atoms. The van der Waals surface area contributed by atoms with Crippen molar-refractivity contribution in [3.05, 3.63) is 52.2 Å². The van der Waals surface area contributed by atoms with E-state index in [1.165, 1.54) is 12.1 Å². The Labute approximate surface area is 91.6 Å². The van der Waals surface area contributed by atoms with Gasteiger partial charge in [-0.2, -0.15) is 0 Å². The summed E-state index contributed by atoms with van der Waals surface area (Å²) < 4.78 is 12.7. The van der Waals surface area contributed by atoms with Crippen molar-refractivity contribution in [2.75, 3.05) is 0 Å². The van der Waals surface area contributed by atoms with Crippen molar-refractivity contribution in [1.29, 1.82) is 0 Å². The third-order valence-corrected chi connectivity index (χ3v) is 3.00. The van der Waals surface area contributed by atoms with E-state index in [0.29, 0.717) is 0 Å². The fraction of sp³-hybridized carbons (Fsp3) is 0.182. The first-order valence-electron chi connectivity index (χ1n) is 4.64. The van der Waals surface area contributed by atoms with E-state index in [2.05, 4.69) is 4.98 Å². The largest absolute Gasteiger partial charge is 0.324 e. The van der Waals surface area contributed by atoms with Crippen LogP contribution in [0.25, 0.3) is 0 Å². The average molecular weight is 222 g/mol. The molecule has 0 amide bonds. The summed E-state index contributed by atoms with van der Waals surface area (Å²) in [6.07, 6.45) is 2.56. The molecule has 1 unspecified atom stereocenters. The average Bonchev–Trinajstić information content (AvgIpc) is 2.71. The number of nitrogens with two attached hydrogens (primary N) is 1. The van der Waals surface area contributed by atoms with Crippen LogP contribution in [0.5, 0.6) is 0 Å².